The van der Waals surface area contributed by atoms with E-state index in [1.807, 2.05) is 20.1 Å². The lowest BCUT2D eigenvalue weighted by molar-refractivity contribution is 0.0935. The minimum atomic E-state index is -0.598. The van der Waals surface area contributed by atoms with Crippen molar-refractivity contribution in [2.24, 2.45) is 0 Å². The van der Waals surface area contributed by atoms with E-state index >= 15 is 0 Å². The number of hydrogen-bond donors (Lipinski definition) is 2. The summed E-state index contributed by atoms with van der Waals surface area (Å²) in [6.07, 6.45) is 4.31. The number of nitrogens with zero attached hydrogens (tertiary/aromatic N) is 1. The largest absolute Gasteiger partial charge is 0.368 e. The maximum Gasteiger partial charge on any atom is 0.254 e. The number of rotatable bonds is 7. The zero-order valence-corrected chi connectivity index (χ0v) is 12.3. The Labute approximate surface area is 117 Å². The summed E-state index contributed by atoms with van der Waals surface area (Å²) in [4.78, 5) is 15.9. The SMILES string of the molecule is CCNc1nccc(C(=O)NC(C)CCSC)c1F. The van der Waals surface area contributed by atoms with Gasteiger partial charge in [-0.1, -0.05) is 0 Å². The Kier molecular flexibility index (Phi) is 6.62. The van der Waals surface area contributed by atoms with Crippen molar-refractivity contribution >= 4 is 23.5 Å². The summed E-state index contributed by atoms with van der Waals surface area (Å²) in [5.74, 6) is 0.0848. The van der Waals surface area contributed by atoms with Crippen molar-refractivity contribution in [1.29, 1.82) is 0 Å². The third-order valence-corrected chi connectivity index (χ3v) is 3.25. The summed E-state index contributed by atoms with van der Waals surface area (Å²) >= 11 is 1.72. The van der Waals surface area contributed by atoms with Gasteiger partial charge in [0, 0.05) is 18.8 Å². The zero-order valence-electron chi connectivity index (χ0n) is 11.5. The Morgan fingerprint density at radius 1 is 1.58 bits per heavy atom. The monoisotopic (exact) mass is 285 g/mol. The highest BCUT2D eigenvalue weighted by Crippen LogP contribution is 2.15. The van der Waals surface area contributed by atoms with E-state index in [4.69, 9.17) is 0 Å². The highest BCUT2D eigenvalue weighted by atomic mass is 32.2. The molecule has 0 aliphatic rings. The molecule has 0 spiro atoms. The first-order valence-corrected chi connectivity index (χ1v) is 7.67. The third-order valence-electron chi connectivity index (χ3n) is 2.61. The van der Waals surface area contributed by atoms with Gasteiger partial charge in [-0.25, -0.2) is 9.37 Å². The maximum atomic E-state index is 14.0. The first kappa shape index (κ1) is 15.8. The molecule has 1 amide bonds. The van der Waals surface area contributed by atoms with Gasteiger partial charge < -0.3 is 10.6 Å². The van der Waals surface area contributed by atoms with E-state index in [0.29, 0.717) is 6.54 Å². The molecule has 1 aromatic rings. The minimum Gasteiger partial charge on any atom is -0.368 e. The number of carbonyl (C=O) groups excluding carboxylic acids is 1. The fourth-order valence-corrected chi connectivity index (χ4v) is 2.17. The molecule has 2 N–H and O–H groups in total. The van der Waals surface area contributed by atoms with E-state index in [-0.39, 0.29) is 17.4 Å². The van der Waals surface area contributed by atoms with Gasteiger partial charge in [-0.15, -0.1) is 0 Å². The fourth-order valence-electron chi connectivity index (χ4n) is 1.58. The van der Waals surface area contributed by atoms with Gasteiger partial charge in [-0.3, -0.25) is 4.79 Å². The van der Waals surface area contributed by atoms with Crippen molar-refractivity contribution in [2.45, 2.75) is 26.3 Å². The third kappa shape index (κ3) is 4.70. The van der Waals surface area contributed by atoms with Gasteiger partial charge in [0.1, 0.15) is 0 Å². The van der Waals surface area contributed by atoms with Crippen molar-refractivity contribution in [3.63, 3.8) is 0 Å². The van der Waals surface area contributed by atoms with Crippen molar-refractivity contribution in [2.75, 3.05) is 23.9 Å². The molecular weight excluding hydrogens is 265 g/mol. The quantitative estimate of drug-likeness (QED) is 0.808. The van der Waals surface area contributed by atoms with Crippen molar-refractivity contribution in [1.82, 2.24) is 10.3 Å². The molecule has 1 atom stereocenters. The molecule has 0 bridgehead atoms. The van der Waals surface area contributed by atoms with Crippen LogP contribution in [0.3, 0.4) is 0 Å². The number of aromatic nitrogens is 1. The molecule has 0 saturated heterocycles. The molecule has 1 rings (SSSR count). The molecule has 0 aromatic carbocycles. The normalized spacial score (nSPS) is 12.0. The van der Waals surface area contributed by atoms with Crippen LogP contribution in [0.15, 0.2) is 12.3 Å². The number of anilines is 1. The number of thioether (sulfide) groups is 1. The van der Waals surface area contributed by atoms with Gasteiger partial charge in [-0.05, 0) is 38.3 Å². The fraction of sp³-hybridized carbons (Fsp3) is 0.538. The predicted molar refractivity (Wildman–Crippen MR) is 78.3 cm³/mol. The van der Waals surface area contributed by atoms with E-state index in [2.05, 4.69) is 15.6 Å². The summed E-state index contributed by atoms with van der Waals surface area (Å²) in [5.41, 5.74) is 0.0296. The highest BCUT2D eigenvalue weighted by Gasteiger charge is 2.17. The molecule has 1 aromatic heterocycles. The summed E-state index contributed by atoms with van der Waals surface area (Å²) in [5, 5.41) is 5.58. The lowest BCUT2D eigenvalue weighted by Crippen LogP contribution is -2.33. The second kappa shape index (κ2) is 7.99. The summed E-state index contributed by atoms with van der Waals surface area (Å²) in [6.45, 7) is 4.32. The Morgan fingerprint density at radius 3 is 2.95 bits per heavy atom. The molecule has 0 radical (unpaired) electrons. The average Bonchev–Trinajstić information content (AvgIpc) is 2.39. The number of halogens is 1. The molecule has 1 unspecified atom stereocenters. The Bertz CT molecular complexity index is 428. The van der Waals surface area contributed by atoms with Crippen LogP contribution in [-0.2, 0) is 0 Å². The first-order valence-electron chi connectivity index (χ1n) is 6.28. The van der Waals surface area contributed by atoms with Crippen LogP contribution in [0.1, 0.15) is 30.6 Å². The lowest BCUT2D eigenvalue weighted by Gasteiger charge is -2.14. The van der Waals surface area contributed by atoms with E-state index in [1.165, 1.54) is 12.3 Å². The van der Waals surface area contributed by atoms with Crippen LogP contribution in [0.25, 0.3) is 0 Å². The Morgan fingerprint density at radius 2 is 2.32 bits per heavy atom. The predicted octanol–water partition coefficient (Wildman–Crippen LogP) is 2.52. The number of amides is 1. The summed E-state index contributed by atoms with van der Waals surface area (Å²) in [7, 11) is 0. The molecular formula is C13H20FN3OS. The smallest absolute Gasteiger partial charge is 0.254 e. The van der Waals surface area contributed by atoms with Crippen molar-refractivity contribution in [3.8, 4) is 0 Å². The van der Waals surface area contributed by atoms with E-state index in [9.17, 15) is 9.18 Å². The van der Waals surface area contributed by atoms with Gasteiger partial charge in [0.25, 0.3) is 5.91 Å². The van der Waals surface area contributed by atoms with Crippen molar-refractivity contribution in [3.05, 3.63) is 23.6 Å². The van der Waals surface area contributed by atoms with Crippen LogP contribution < -0.4 is 10.6 Å². The van der Waals surface area contributed by atoms with Gasteiger partial charge >= 0.3 is 0 Å². The molecule has 0 fully saturated rings. The summed E-state index contributed by atoms with van der Waals surface area (Å²) < 4.78 is 14.0. The Hall–Kier alpha value is -1.30. The van der Waals surface area contributed by atoms with Crippen LogP contribution in [0.4, 0.5) is 10.2 Å². The lowest BCUT2D eigenvalue weighted by atomic mass is 10.2. The van der Waals surface area contributed by atoms with Crippen LogP contribution in [0.2, 0.25) is 0 Å². The second-order valence-corrected chi connectivity index (χ2v) is 5.19. The van der Waals surface area contributed by atoms with Gasteiger partial charge in [0.2, 0.25) is 0 Å². The van der Waals surface area contributed by atoms with Crippen LogP contribution in [0.5, 0.6) is 0 Å². The van der Waals surface area contributed by atoms with Gasteiger partial charge in [-0.2, -0.15) is 11.8 Å². The van der Waals surface area contributed by atoms with Crippen LogP contribution >= 0.6 is 11.8 Å². The minimum absolute atomic E-state index is 0.0232. The van der Waals surface area contributed by atoms with Crippen LogP contribution in [0, 0.1) is 5.82 Å². The molecule has 0 aliphatic heterocycles. The second-order valence-electron chi connectivity index (χ2n) is 4.21. The molecule has 6 heteroatoms. The molecule has 1 heterocycles. The molecule has 19 heavy (non-hydrogen) atoms. The van der Waals surface area contributed by atoms with Crippen LogP contribution in [-0.4, -0.2) is 35.5 Å². The van der Waals surface area contributed by atoms with E-state index in [0.717, 1.165) is 12.2 Å². The van der Waals surface area contributed by atoms with E-state index < -0.39 is 11.7 Å². The number of pyridine rings is 1. The number of hydrogen-bond acceptors (Lipinski definition) is 4. The maximum absolute atomic E-state index is 14.0. The highest BCUT2D eigenvalue weighted by molar-refractivity contribution is 7.98. The topological polar surface area (TPSA) is 54.0 Å². The van der Waals surface area contributed by atoms with E-state index in [1.54, 1.807) is 11.8 Å². The number of nitrogens with one attached hydrogen (secondary N) is 2. The zero-order chi connectivity index (χ0) is 14.3. The molecule has 0 saturated carbocycles. The molecule has 106 valence electrons. The molecule has 4 nitrogen and oxygen atoms in total. The first-order chi connectivity index (χ1) is 9.10. The van der Waals surface area contributed by atoms with Gasteiger partial charge in [0.15, 0.2) is 11.6 Å². The van der Waals surface area contributed by atoms with Crippen molar-refractivity contribution < 1.29 is 9.18 Å². The summed E-state index contributed by atoms with van der Waals surface area (Å²) in [6, 6.07) is 1.42. The van der Waals surface area contributed by atoms with Gasteiger partial charge in [0.05, 0.1) is 5.56 Å². The average molecular weight is 285 g/mol. The standard InChI is InChI=1S/C13H20FN3OS/c1-4-15-12-11(14)10(5-7-16-12)13(18)17-9(2)6-8-19-3/h5,7,9H,4,6,8H2,1-3H3,(H,15,16)(H,17,18). The Balaban J connectivity index is 2.74. The number of carbonyl (C=O) groups is 1. The molecule has 0 aliphatic carbocycles.